The van der Waals surface area contributed by atoms with Gasteiger partial charge in [-0.15, -0.1) is 0 Å². The van der Waals surface area contributed by atoms with E-state index in [2.05, 4.69) is 10.4 Å². The lowest BCUT2D eigenvalue weighted by Crippen LogP contribution is -2.37. The minimum Gasteiger partial charge on any atom is -0.481 e. The number of nitrogens with one attached hydrogen (secondary N) is 1. The van der Waals surface area contributed by atoms with Crippen LogP contribution >= 0.6 is 11.6 Å². The zero-order chi connectivity index (χ0) is 15.3. The van der Waals surface area contributed by atoms with Gasteiger partial charge in [0.2, 0.25) is 0 Å². The van der Waals surface area contributed by atoms with Crippen LogP contribution in [0.15, 0.2) is 0 Å². The van der Waals surface area contributed by atoms with E-state index in [4.69, 9.17) is 16.7 Å². The molecule has 0 aliphatic rings. The molecule has 0 aliphatic heterocycles. The third-order valence-electron chi connectivity index (χ3n) is 3.14. The Morgan fingerprint density at radius 1 is 1.50 bits per heavy atom. The smallest absolute Gasteiger partial charge is 0.305 e. The number of halogens is 1. The highest BCUT2D eigenvalue weighted by Crippen LogP contribution is 2.19. The Bertz CT molecular complexity index is 499. The van der Waals surface area contributed by atoms with Crippen LogP contribution in [0.1, 0.15) is 48.8 Å². The summed E-state index contributed by atoms with van der Waals surface area (Å²) in [5.41, 5.74) is 0.832. The van der Waals surface area contributed by atoms with Gasteiger partial charge in [0.05, 0.1) is 17.1 Å². The molecule has 1 aromatic heterocycles. The number of aliphatic carboxylic acids is 1. The lowest BCUT2D eigenvalue weighted by atomic mass is 10.1. The minimum absolute atomic E-state index is 0.102. The SMILES string of the molecule is CCCC[C@@H](CC(=O)O)NC(=O)c1nn(C)c(C)c1Cl. The number of aryl methyl sites for hydroxylation is 1. The van der Waals surface area contributed by atoms with Crippen molar-refractivity contribution in [3.05, 3.63) is 16.4 Å². The van der Waals surface area contributed by atoms with Crippen LogP contribution in [0.2, 0.25) is 5.02 Å². The van der Waals surface area contributed by atoms with Gasteiger partial charge in [0.25, 0.3) is 5.91 Å². The van der Waals surface area contributed by atoms with E-state index >= 15 is 0 Å². The van der Waals surface area contributed by atoms with Crippen LogP contribution in [0.4, 0.5) is 0 Å². The molecule has 0 bridgehead atoms. The zero-order valence-electron chi connectivity index (χ0n) is 11.9. The molecule has 1 rings (SSSR count). The van der Waals surface area contributed by atoms with Crippen molar-refractivity contribution in [3.8, 4) is 0 Å². The predicted molar refractivity (Wildman–Crippen MR) is 76.0 cm³/mol. The van der Waals surface area contributed by atoms with Gasteiger partial charge in [-0.3, -0.25) is 14.3 Å². The minimum atomic E-state index is -0.935. The number of amides is 1. The van der Waals surface area contributed by atoms with E-state index in [1.54, 1.807) is 14.0 Å². The van der Waals surface area contributed by atoms with Crippen molar-refractivity contribution in [2.45, 2.75) is 45.6 Å². The molecule has 1 heterocycles. The van der Waals surface area contributed by atoms with Crippen LogP contribution in [0.5, 0.6) is 0 Å². The quantitative estimate of drug-likeness (QED) is 0.808. The fourth-order valence-corrected chi connectivity index (χ4v) is 2.11. The number of aromatic nitrogens is 2. The molecule has 1 aromatic rings. The molecular weight excluding hydrogens is 282 g/mol. The molecule has 2 N–H and O–H groups in total. The Hall–Kier alpha value is -1.56. The average molecular weight is 302 g/mol. The second-order valence-corrected chi connectivity index (χ2v) is 5.16. The van der Waals surface area contributed by atoms with Gasteiger partial charge in [-0.05, 0) is 13.3 Å². The average Bonchev–Trinajstić information content (AvgIpc) is 2.63. The van der Waals surface area contributed by atoms with Gasteiger partial charge in [0.15, 0.2) is 5.69 Å². The van der Waals surface area contributed by atoms with Crippen molar-refractivity contribution in [1.82, 2.24) is 15.1 Å². The number of carbonyl (C=O) groups excluding carboxylic acids is 1. The third-order valence-corrected chi connectivity index (χ3v) is 3.59. The normalized spacial score (nSPS) is 12.2. The van der Waals surface area contributed by atoms with Crippen LogP contribution in [0.25, 0.3) is 0 Å². The van der Waals surface area contributed by atoms with Crippen molar-refractivity contribution >= 4 is 23.5 Å². The first-order valence-corrected chi connectivity index (χ1v) is 6.96. The summed E-state index contributed by atoms with van der Waals surface area (Å²) >= 11 is 6.04. The first-order chi connectivity index (χ1) is 9.36. The van der Waals surface area contributed by atoms with Gasteiger partial charge in [-0.25, -0.2) is 0 Å². The first-order valence-electron chi connectivity index (χ1n) is 6.58. The van der Waals surface area contributed by atoms with Crippen molar-refractivity contribution in [2.24, 2.45) is 7.05 Å². The summed E-state index contributed by atoms with van der Waals surface area (Å²) < 4.78 is 1.52. The summed E-state index contributed by atoms with van der Waals surface area (Å²) in [5, 5.41) is 15.9. The van der Waals surface area contributed by atoms with Crippen LogP contribution in [-0.2, 0) is 11.8 Å². The van der Waals surface area contributed by atoms with Gasteiger partial charge in [0.1, 0.15) is 0 Å². The highest BCUT2D eigenvalue weighted by atomic mass is 35.5. The van der Waals surface area contributed by atoms with E-state index in [1.165, 1.54) is 4.68 Å². The zero-order valence-corrected chi connectivity index (χ0v) is 12.7. The summed E-state index contributed by atoms with van der Waals surface area (Å²) in [6, 6.07) is -0.404. The topological polar surface area (TPSA) is 84.2 Å². The number of nitrogens with zero attached hydrogens (tertiary/aromatic N) is 2. The second kappa shape index (κ2) is 7.28. The van der Waals surface area contributed by atoms with Gasteiger partial charge in [0, 0.05) is 13.1 Å². The fraction of sp³-hybridized carbons (Fsp3) is 0.615. The van der Waals surface area contributed by atoms with Gasteiger partial charge in [-0.2, -0.15) is 5.10 Å². The molecule has 1 amide bonds. The van der Waals surface area contributed by atoms with E-state index in [1.807, 2.05) is 6.92 Å². The number of hydrogen-bond donors (Lipinski definition) is 2. The highest BCUT2D eigenvalue weighted by molar-refractivity contribution is 6.34. The van der Waals surface area contributed by atoms with Crippen LogP contribution < -0.4 is 5.32 Å². The number of hydrogen-bond acceptors (Lipinski definition) is 3. The standard InChI is InChI=1S/C13H20ClN3O3/c1-4-5-6-9(7-10(18)19)15-13(20)12-11(14)8(2)17(3)16-12/h9H,4-7H2,1-3H3,(H,15,20)(H,18,19)/t9-/m0/s1. The fourth-order valence-electron chi connectivity index (χ4n) is 1.87. The maximum Gasteiger partial charge on any atom is 0.305 e. The largest absolute Gasteiger partial charge is 0.481 e. The molecule has 112 valence electrons. The van der Waals surface area contributed by atoms with E-state index in [0.717, 1.165) is 12.8 Å². The molecular formula is C13H20ClN3O3. The van der Waals surface area contributed by atoms with Crippen LogP contribution in [0.3, 0.4) is 0 Å². The van der Waals surface area contributed by atoms with Crippen molar-refractivity contribution in [1.29, 1.82) is 0 Å². The molecule has 0 spiro atoms. The number of rotatable bonds is 7. The molecule has 0 radical (unpaired) electrons. The van der Waals surface area contributed by atoms with Crippen molar-refractivity contribution < 1.29 is 14.7 Å². The van der Waals surface area contributed by atoms with Gasteiger partial charge in [-0.1, -0.05) is 31.4 Å². The molecule has 20 heavy (non-hydrogen) atoms. The molecule has 7 heteroatoms. The van der Waals surface area contributed by atoms with Crippen LogP contribution in [-0.4, -0.2) is 32.8 Å². The molecule has 0 saturated heterocycles. The Balaban J connectivity index is 2.78. The maximum atomic E-state index is 12.1. The molecule has 0 aromatic carbocycles. The monoisotopic (exact) mass is 301 g/mol. The number of carboxylic acid groups (broad SMARTS) is 1. The molecule has 0 unspecified atom stereocenters. The summed E-state index contributed by atoms with van der Waals surface area (Å²) in [4.78, 5) is 22.9. The molecule has 0 saturated carbocycles. The number of unbranched alkanes of at least 4 members (excludes halogenated alkanes) is 1. The van der Waals surface area contributed by atoms with Crippen molar-refractivity contribution in [2.75, 3.05) is 0 Å². The Kier molecular flexibility index (Phi) is 6.01. The van der Waals surface area contributed by atoms with E-state index in [0.29, 0.717) is 17.1 Å². The first kappa shape index (κ1) is 16.5. The Labute approximate surface area is 123 Å². The molecule has 1 atom stereocenters. The Morgan fingerprint density at radius 2 is 2.15 bits per heavy atom. The Morgan fingerprint density at radius 3 is 2.60 bits per heavy atom. The lowest BCUT2D eigenvalue weighted by Gasteiger charge is -2.15. The summed E-state index contributed by atoms with van der Waals surface area (Å²) in [5.74, 6) is -1.37. The highest BCUT2D eigenvalue weighted by Gasteiger charge is 2.22. The lowest BCUT2D eigenvalue weighted by molar-refractivity contribution is -0.137. The summed E-state index contributed by atoms with van der Waals surface area (Å²) in [6.45, 7) is 3.77. The number of carboxylic acids is 1. The molecule has 0 aliphatic carbocycles. The van der Waals surface area contributed by atoms with E-state index in [9.17, 15) is 9.59 Å². The van der Waals surface area contributed by atoms with Crippen LogP contribution in [0, 0.1) is 6.92 Å². The maximum absolute atomic E-state index is 12.1. The number of carbonyl (C=O) groups is 2. The predicted octanol–water partition coefficient (Wildman–Crippen LogP) is 2.15. The third kappa shape index (κ3) is 4.23. The van der Waals surface area contributed by atoms with E-state index < -0.39 is 17.9 Å². The molecule has 6 nitrogen and oxygen atoms in total. The van der Waals surface area contributed by atoms with Gasteiger partial charge >= 0.3 is 5.97 Å². The van der Waals surface area contributed by atoms with Gasteiger partial charge < -0.3 is 10.4 Å². The second-order valence-electron chi connectivity index (χ2n) is 4.78. The van der Waals surface area contributed by atoms with Crippen molar-refractivity contribution in [3.63, 3.8) is 0 Å². The van der Waals surface area contributed by atoms with E-state index in [-0.39, 0.29) is 12.1 Å². The summed E-state index contributed by atoms with van der Waals surface area (Å²) in [6.07, 6.45) is 2.32. The molecule has 0 fully saturated rings. The summed E-state index contributed by atoms with van der Waals surface area (Å²) in [7, 11) is 1.70.